The van der Waals surface area contributed by atoms with E-state index >= 15 is 0 Å². The Morgan fingerprint density at radius 2 is 1.73 bits per heavy atom. The Hall–Kier alpha value is -3.03. The summed E-state index contributed by atoms with van der Waals surface area (Å²) < 4.78 is 0. The van der Waals surface area contributed by atoms with Crippen LogP contribution in [-0.2, 0) is 25.6 Å². The number of nitrogens with one attached hydrogen (secondary N) is 5. The topological polar surface area (TPSA) is 206 Å². The fourth-order valence-electron chi connectivity index (χ4n) is 2.93. The van der Waals surface area contributed by atoms with Gasteiger partial charge in [-0.2, -0.15) is 0 Å². The van der Waals surface area contributed by atoms with Crippen LogP contribution in [0.15, 0.2) is 12.5 Å². The molecule has 0 saturated carbocycles. The SMILES string of the molecule is O=C(O)C(CO)NC(=O)C(CO)NC(=O)C(Cc1cnc[nH]1)NC(=O)C1CCCN1. The number of aliphatic hydroxyl groups excluding tert-OH is 2. The van der Waals surface area contributed by atoms with Crippen molar-refractivity contribution in [3.8, 4) is 0 Å². The van der Waals surface area contributed by atoms with Gasteiger partial charge < -0.3 is 41.6 Å². The molecule has 1 aliphatic rings. The normalized spacial score (nSPS) is 18.8. The summed E-state index contributed by atoms with van der Waals surface area (Å²) in [6.07, 6.45) is 4.41. The van der Waals surface area contributed by atoms with Crippen molar-refractivity contribution in [1.82, 2.24) is 31.2 Å². The molecule has 0 radical (unpaired) electrons. The lowest BCUT2D eigenvalue weighted by atomic mass is 10.1. The van der Waals surface area contributed by atoms with E-state index in [0.717, 1.165) is 6.42 Å². The first-order valence-corrected chi connectivity index (χ1v) is 9.42. The minimum atomic E-state index is -1.59. The standard InChI is InChI=1S/C17H26N6O7/c24-6-12(16(28)23-13(7-25)17(29)30)22-15(27)11(4-9-5-18-8-20-9)21-14(26)10-2-1-3-19-10/h5,8,10-13,19,24-25H,1-4,6-7H2,(H,18,20)(H,21,26)(H,22,27)(H,23,28)(H,29,30). The molecule has 3 amide bonds. The third-order valence-corrected chi connectivity index (χ3v) is 4.60. The highest BCUT2D eigenvalue weighted by Crippen LogP contribution is 2.07. The van der Waals surface area contributed by atoms with E-state index in [1.807, 2.05) is 5.32 Å². The lowest BCUT2D eigenvalue weighted by Crippen LogP contribution is -2.58. The van der Waals surface area contributed by atoms with Crippen molar-refractivity contribution in [2.24, 2.45) is 0 Å². The number of rotatable bonds is 11. The molecule has 166 valence electrons. The van der Waals surface area contributed by atoms with E-state index in [-0.39, 0.29) is 12.3 Å². The number of aliphatic carboxylic acids is 1. The molecule has 0 spiro atoms. The van der Waals surface area contributed by atoms with Crippen LogP contribution in [0.4, 0.5) is 0 Å². The molecular formula is C17H26N6O7. The van der Waals surface area contributed by atoms with E-state index in [2.05, 4.69) is 25.9 Å². The maximum absolute atomic E-state index is 12.7. The molecule has 13 heteroatoms. The number of hydrogen-bond donors (Lipinski definition) is 8. The van der Waals surface area contributed by atoms with Crippen LogP contribution in [0, 0.1) is 0 Å². The molecule has 1 aromatic rings. The number of aromatic amines is 1. The molecule has 1 fully saturated rings. The molecule has 1 saturated heterocycles. The number of imidazole rings is 1. The third kappa shape index (κ3) is 6.50. The second-order valence-corrected chi connectivity index (χ2v) is 6.82. The highest BCUT2D eigenvalue weighted by Gasteiger charge is 2.31. The fourth-order valence-corrected chi connectivity index (χ4v) is 2.93. The van der Waals surface area contributed by atoms with Gasteiger partial charge in [0.15, 0.2) is 0 Å². The Bertz CT molecular complexity index is 735. The number of carbonyl (C=O) groups is 4. The molecular weight excluding hydrogens is 400 g/mol. The van der Waals surface area contributed by atoms with E-state index < -0.39 is 55.2 Å². The number of amides is 3. The van der Waals surface area contributed by atoms with Gasteiger partial charge in [0.05, 0.1) is 25.6 Å². The van der Waals surface area contributed by atoms with E-state index in [0.29, 0.717) is 18.7 Å². The van der Waals surface area contributed by atoms with Crippen molar-refractivity contribution >= 4 is 23.7 Å². The van der Waals surface area contributed by atoms with Crippen LogP contribution in [-0.4, -0.2) is 92.9 Å². The van der Waals surface area contributed by atoms with Gasteiger partial charge in [-0.15, -0.1) is 0 Å². The Kier molecular flexibility index (Phi) is 8.70. The van der Waals surface area contributed by atoms with E-state index in [9.17, 15) is 24.3 Å². The monoisotopic (exact) mass is 426 g/mol. The van der Waals surface area contributed by atoms with Gasteiger partial charge in [0.25, 0.3) is 0 Å². The second-order valence-electron chi connectivity index (χ2n) is 6.82. The smallest absolute Gasteiger partial charge is 0.328 e. The first-order valence-electron chi connectivity index (χ1n) is 9.42. The minimum absolute atomic E-state index is 0.0540. The quantitative estimate of drug-likeness (QED) is 0.174. The first-order chi connectivity index (χ1) is 14.3. The molecule has 1 aromatic heterocycles. The van der Waals surface area contributed by atoms with Gasteiger partial charge in [0, 0.05) is 18.3 Å². The molecule has 30 heavy (non-hydrogen) atoms. The Morgan fingerprint density at radius 3 is 2.27 bits per heavy atom. The number of aliphatic hydroxyl groups is 2. The Labute approximate surface area is 171 Å². The van der Waals surface area contributed by atoms with Gasteiger partial charge in [-0.3, -0.25) is 14.4 Å². The molecule has 4 unspecified atom stereocenters. The molecule has 2 heterocycles. The number of carboxylic acids is 1. The predicted octanol–water partition coefficient (Wildman–Crippen LogP) is -3.77. The maximum atomic E-state index is 12.7. The number of nitrogens with zero attached hydrogens (tertiary/aromatic N) is 1. The lowest BCUT2D eigenvalue weighted by molar-refractivity contribution is -0.143. The van der Waals surface area contributed by atoms with Crippen molar-refractivity contribution in [1.29, 1.82) is 0 Å². The number of carbonyl (C=O) groups excluding carboxylic acids is 3. The Morgan fingerprint density at radius 1 is 1.07 bits per heavy atom. The summed E-state index contributed by atoms with van der Waals surface area (Å²) in [4.78, 5) is 55.0. The summed E-state index contributed by atoms with van der Waals surface area (Å²) in [7, 11) is 0. The zero-order chi connectivity index (χ0) is 22.1. The molecule has 1 aliphatic heterocycles. The number of aromatic nitrogens is 2. The van der Waals surface area contributed by atoms with Gasteiger partial charge in [-0.25, -0.2) is 9.78 Å². The van der Waals surface area contributed by atoms with E-state index in [4.69, 9.17) is 10.2 Å². The van der Waals surface area contributed by atoms with Gasteiger partial charge in [-0.05, 0) is 19.4 Å². The van der Waals surface area contributed by atoms with Gasteiger partial charge >= 0.3 is 5.97 Å². The molecule has 13 nitrogen and oxygen atoms in total. The van der Waals surface area contributed by atoms with Gasteiger partial charge in [0.2, 0.25) is 17.7 Å². The summed E-state index contributed by atoms with van der Waals surface area (Å²) in [5.74, 6) is -3.58. The van der Waals surface area contributed by atoms with E-state index in [1.165, 1.54) is 12.5 Å². The van der Waals surface area contributed by atoms with Gasteiger partial charge in [-0.1, -0.05) is 0 Å². The average Bonchev–Trinajstić information content (AvgIpc) is 3.43. The molecule has 2 rings (SSSR count). The number of H-pyrrole nitrogens is 1. The molecule has 4 atom stereocenters. The van der Waals surface area contributed by atoms with Crippen molar-refractivity contribution in [3.05, 3.63) is 18.2 Å². The molecule has 8 N–H and O–H groups in total. The van der Waals surface area contributed by atoms with Crippen LogP contribution < -0.4 is 21.3 Å². The van der Waals surface area contributed by atoms with Crippen LogP contribution in [0.3, 0.4) is 0 Å². The van der Waals surface area contributed by atoms with Crippen molar-refractivity contribution < 1.29 is 34.5 Å². The lowest BCUT2D eigenvalue weighted by Gasteiger charge is -2.23. The first kappa shape index (κ1) is 23.3. The highest BCUT2D eigenvalue weighted by molar-refractivity contribution is 5.94. The van der Waals surface area contributed by atoms with Crippen LogP contribution in [0.25, 0.3) is 0 Å². The minimum Gasteiger partial charge on any atom is -0.480 e. The van der Waals surface area contributed by atoms with E-state index in [1.54, 1.807) is 0 Å². The fraction of sp³-hybridized carbons (Fsp3) is 0.588. The summed E-state index contributed by atoms with van der Waals surface area (Å²) in [5.41, 5.74) is 0.561. The maximum Gasteiger partial charge on any atom is 0.328 e. The highest BCUT2D eigenvalue weighted by atomic mass is 16.4. The van der Waals surface area contributed by atoms with Gasteiger partial charge in [0.1, 0.15) is 18.1 Å². The summed E-state index contributed by atoms with van der Waals surface area (Å²) in [6.45, 7) is -0.984. The summed E-state index contributed by atoms with van der Waals surface area (Å²) >= 11 is 0. The largest absolute Gasteiger partial charge is 0.480 e. The molecule has 0 aliphatic carbocycles. The van der Waals surface area contributed by atoms with Crippen molar-refractivity contribution in [2.75, 3.05) is 19.8 Å². The average molecular weight is 426 g/mol. The number of carboxylic acid groups (broad SMARTS) is 1. The third-order valence-electron chi connectivity index (χ3n) is 4.60. The zero-order valence-corrected chi connectivity index (χ0v) is 16.1. The molecule has 0 bridgehead atoms. The van der Waals surface area contributed by atoms with Crippen LogP contribution in [0.1, 0.15) is 18.5 Å². The molecule has 0 aromatic carbocycles. The summed E-state index contributed by atoms with van der Waals surface area (Å²) in [5, 5.41) is 37.3. The second kappa shape index (κ2) is 11.2. The number of hydrogen-bond acceptors (Lipinski definition) is 8. The van der Waals surface area contributed by atoms with Crippen molar-refractivity contribution in [3.63, 3.8) is 0 Å². The van der Waals surface area contributed by atoms with Crippen LogP contribution in [0.5, 0.6) is 0 Å². The van der Waals surface area contributed by atoms with Crippen molar-refractivity contribution in [2.45, 2.75) is 43.4 Å². The Balaban J connectivity index is 2.05. The predicted molar refractivity (Wildman–Crippen MR) is 101 cm³/mol. The zero-order valence-electron chi connectivity index (χ0n) is 16.1. The summed E-state index contributed by atoms with van der Waals surface area (Å²) in [6, 6.07) is -4.57. The van der Waals surface area contributed by atoms with Crippen LogP contribution in [0.2, 0.25) is 0 Å². The van der Waals surface area contributed by atoms with Crippen LogP contribution >= 0.6 is 0 Å².